The minimum atomic E-state index is 0.0409. The van der Waals surface area contributed by atoms with E-state index in [1.54, 1.807) is 0 Å². The van der Waals surface area contributed by atoms with Crippen molar-refractivity contribution in [2.24, 2.45) is 0 Å². The van der Waals surface area contributed by atoms with Crippen LogP contribution in [0.15, 0.2) is 24.3 Å². The van der Waals surface area contributed by atoms with E-state index >= 15 is 0 Å². The van der Waals surface area contributed by atoms with Crippen LogP contribution in [0.5, 0.6) is 0 Å². The normalized spacial score (nSPS) is 19.4. The molecule has 0 saturated carbocycles. The van der Waals surface area contributed by atoms with Gasteiger partial charge in [0.1, 0.15) is 0 Å². The van der Waals surface area contributed by atoms with Crippen molar-refractivity contribution in [1.82, 2.24) is 10.2 Å². The highest BCUT2D eigenvalue weighted by atomic mass is 127. The maximum Gasteiger partial charge on any atom is 0.251 e. The first-order chi connectivity index (χ1) is 10.2. The number of rotatable bonds is 6. The molecule has 0 bridgehead atoms. The topological polar surface area (TPSA) is 32.3 Å². The van der Waals surface area contributed by atoms with Gasteiger partial charge in [-0.05, 0) is 73.0 Å². The highest BCUT2D eigenvalue weighted by molar-refractivity contribution is 14.1. The molecule has 1 atom stereocenters. The van der Waals surface area contributed by atoms with Crippen LogP contribution in [0.3, 0.4) is 0 Å². The molecule has 1 aliphatic rings. The Morgan fingerprint density at radius 1 is 1.43 bits per heavy atom. The van der Waals surface area contributed by atoms with Gasteiger partial charge in [-0.2, -0.15) is 0 Å². The van der Waals surface area contributed by atoms with E-state index in [-0.39, 0.29) is 5.91 Å². The van der Waals surface area contributed by atoms with E-state index in [1.165, 1.54) is 32.2 Å². The first-order valence-corrected chi connectivity index (χ1v) is 9.06. The molecule has 1 N–H and O–H groups in total. The Labute approximate surface area is 141 Å². The maximum atomic E-state index is 12.0. The minimum absolute atomic E-state index is 0.0409. The first kappa shape index (κ1) is 16.7. The summed E-state index contributed by atoms with van der Waals surface area (Å²) in [7, 11) is 0. The average molecular weight is 400 g/mol. The van der Waals surface area contributed by atoms with E-state index in [0.29, 0.717) is 0 Å². The zero-order valence-corrected chi connectivity index (χ0v) is 14.9. The summed E-state index contributed by atoms with van der Waals surface area (Å²) < 4.78 is 1.10. The molecule has 0 spiro atoms. The molecule has 1 aliphatic heterocycles. The summed E-state index contributed by atoms with van der Waals surface area (Å²) >= 11 is 2.23. The summed E-state index contributed by atoms with van der Waals surface area (Å²) in [5, 5.41) is 3.03. The maximum absolute atomic E-state index is 12.0. The molecule has 1 saturated heterocycles. The van der Waals surface area contributed by atoms with Gasteiger partial charge in [-0.15, -0.1) is 0 Å². The molecule has 21 heavy (non-hydrogen) atoms. The quantitative estimate of drug-likeness (QED) is 0.584. The van der Waals surface area contributed by atoms with Crippen LogP contribution in [-0.2, 0) is 0 Å². The molecule has 2 rings (SSSR count). The van der Waals surface area contributed by atoms with Crippen LogP contribution in [0.1, 0.15) is 49.4 Å². The molecule has 1 aromatic carbocycles. The van der Waals surface area contributed by atoms with Crippen molar-refractivity contribution in [2.75, 3.05) is 19.6 Å². The van der Waals surface area contributed by atoms with Gasteiger partial charge in [-0.3, -0.25) is 4.79 Å². The van der Waals surface area contributed by atoms with Crippen LogP contribution in [0.2, 0.25) is 0 Å². The number of nitrogens with zero attached hydrogens (tertiary/aromatic N) is 1. The number of piperidine rings is 1. The van der Waals surface area contributed by atoms with E-state index in [9.17, 15) is 4.79 Å². The van der Waals surface area contributed by atoms with Crippen LogP contribution < -0.4 is 5.32 Å². The second kappa shape index (κ2) is 8.73. The van der Waals surface area contributed by atoms with Gasteiger partial charge >= 0.3 is 0 Å². The molecule has 0 aromatic heterocycles. The first-order valence-electron chi connectivity index (χ1n) is 7.98. The Morgan fingerprint density at radius 3 is 3.05 bits per heavy atom. The fourth-order valence-electron chi connectivity index (χ4n) is 3.03. The summed E-state index contributed by atoms with van der Waals surface area (Å²) in [4.78, 5) is 14.6. The Morgan fingerprint density at radius 2 is 2.29 bits per heavy atom. The molecule has 0 aliphatic carbocycles. The van der Waals surface area contributed by atoms with E-state index in [0.717, 1.165) is 34.7 Å². The second-order valence-electron chi connectivity index (χ2n) is 5.71. The Hall–Kier alpha value is -0.620. The highest BCUT2D eigenvalue weighted by Gasteiger charge is 2.19. The number of likely N-dealkylation sites (tertiary alicyclic amines) is 1. The van der Waals surface area contributed by atoms with Gasteiger partial charge in [0.2, 0.25) is 0 Å². The van der Waals surface area contributed by atoms with Crippen LogP contribution in [0.25, 0.3) is 0 Å². The third kappa shape index (κ3) is 5.25. The molecule has 3 nitrogen and oxygen atoms in total. The molecular weight excluding hydrogens is 375 g/mol. The van der Waals surface area contributed by atoms with Gasteiger partial charge in [0.15, 0.2) is 0 Å². The van der Waals surface area contributed by atoms with Gasteiger partial charge in [0.25, 0.3) is 5.91 Å². The lowest BCUT2D eigenvalue weighted by Gasteiger charge is -2.35. The monoisotopic (exact) mass is 400 g/mol. The van der Waals surface area contributed by atoms with Crippen molar-refractivity contribution >= 4 is 28.5 Å². The van der Waals surface area contributed by atoms with Crippen molar-refractivity contribution in [3.8, 4) is 0 Å². The molecule has 116 valence electrons. The van der Waals surface area contributed by atoms with Gasteiger partial charge < -0.3 is 10.2 Å². The van der Waals surface area contributed by atoms with Crippen LogP contribution in [0, 0.1) is 3.57 Å². The molecule has 1 heterocycles. The molecule has 0 radical (unpaired) electrons. The predicted octanol–water partition coefficient (Wildman–Crippen LogP) is 3.68. The predicted molar refractivity (Wildman–Crippen MR) is 95.6 cm³/mol. The molecule has 1 aromatic rings. The SMILES string of the molecule is CC[C@H]1CCCCN1CCCNC(=O)c1cccc(I)c1. The van der Waals surface area contributed by atoms with Crippen molar-refractivity contribution < 1.29 is 4.79 Å². The summed E-state index contributed by atoms with van der Waals surface area (Å²) in [5.74, 6) is 0.0409. The van der Waals surface area contributed by atoms with Crippen molar-refractivity contribution in [2.45, 2.75) is 45.1 Å². The number of halogens is 1. The summed E-state index contributed by atoms with van der Waals surface area (Å²) in [6.07, 6.45) is 6.32. The van der Waals surface area contributed by atoms with E-state index in [1.807, 2.05) is 24.3 Å². The lowest BCUT2D eigenvalue weighted by Crippen LogP contribution is -2.40. The number of nitrogens with one attached hydrogen (secondary N) is 1. The van der Waals surface area contributed by atoms with Gasteiger partial charge in [0, 0.05) is 28.3 Å². The fourth-order valence-corrected chi connectivity index (χ4v) is 3.58. The van der Waals surface area contributed by atoms with Gasteiger partial charge in [-0.25, -0.2) is 0 Å². The lowest BCUT2D eigenvalue weighted by molar-refractivity contribution is 0.0947. The number of carbonyl (C=O) groups is 1. The van der Waals surface area contributed by atoms with E-state index in [2.05, 4.69) is 39.7 Å². The Kier molecular flexibility index (Phi) is 6.96. The smallest absolute Gasteiger partial charge is 0.251 e. The molecular formula is C17H25IN2O. The third-order valence-corrected chi connectivity index (χ3v) is 4.89. The number of carbonyl (C=O) groups excluding carboxylic acids is 1. The van der Waals surface area contributed by atoms with E-state index < -0.39 is 0 Å². The van der Waals surface area contributed by atoms with Crippen molar-refractivity contribution in [3.63, 3.8) is 0 Å². The number of benzene rings is 1. The Balaban J connectivity index is 1.70. The largest absolute Gasteiger partial charge is 0.352 e. The minimum Gasteiger partial charge on any atom is -0.352 e. The summed E-state index contributed by atoms with van der Waals surface area (Å²) in [6, 6.07) is 8.47. The average Bonchev–Trinajstić information content (AvgIpc) is 2.51. The third-order valence-electron chi connectivity index (χ3n) is 4.21. The Bertz CT molecular complexity index is 464. The fraction of sp³-hybridized carbons (Fsp3) is 0.588. The lowest BCUT2D eigenvalue weighted by atomic mass is 10.00. The molecule has 1 amide bonds. The highest BCUT2D eigenvalue weighted by Crippen LogP contribution is 2.19. The van der Waals surface area contributed by atoms with Crippen LogP contribution >= 0.6 is 22.6 Å². The second-order valence-corrected chi connectivity index (χ2v) is 6.96. The zero-order valence-electron chi connectivity index (χ0n) is 12.8. The van der Waals surface area contributed by atoms with Crippen LogP contribution in [0.4, 0.5) is 0 Å². The molecule has 0 unspecified atom stereocenters. The molecule has 4 heteroatoms. The molecule has 1 fully saturated rings. The number of hydrogen-bond donors (Lipinski definition) is 1. The van der Waals surface area contributed by atoms with Crippen molar-refractivity contribution in [3.05, 3.63) is 33.4 Å². The van der Waals surface area contributed by atoms with E-state index in [4.69, 9.17) is 0 Å². The van der Waals surface area contributed by atoms with Gasteiger partial charge in [-0.1, -0.05) is 19.4 Å². The number of amides is 1. The summed E-state index contributed by atoms with van der Waals surface area (Å²) in [6.45, 7) is 5.37. The van der Waals surface area contributed by atoms with Crippen LogP contribution in [-0.4, -0.2) is 36.5 Å². The standard InChI is InChI=1S/C17H25IN2O/c1-2-16-9-3-4-11-20(16)12-6-10-19-17(21)14-7-5-8-15(18)13-14/h5,7-8,13,16H,2-4,6,9-12H2,1H3,(H,19,21)/t16-/m0/s1. The zero-order chi connectivity index (χ0) is 15.1. The summed E-state index contributed by atoms with van der Waals surface area (Å²) in [5.41, 5.74) is 0.756. The number of hydrogen-bond acceptors (Lipinski definition) is 2. The van der Waals surface area contributed by atoms with Gasteiger partial charge in [0.05, 0.1) is 0 Å². The van der Waals surface area contributed by atoms with Crippen molar-refractivity contribution in [1.29, 1.82) is 0 Å².